The van der Waals surface area contributed by atoms with E-state index in [1.165, 1.54) is 0 Å². The Morgan fingerprint density at radius 2 is 2.04 bits per heavy atom. The Labute approximate surface area is 154 Å². The van der Waals surface area contributed by atoms with Gasteiger partial charge in [-0.1, -0.05) is 0 Å². The maximum absolute atomic E-state index is 13.1. The van der Waals surface area contributed by atoms with E-state index in [1.807, 2.05) is 26.8 Å². The number of nitrogens with one attached hydrogen (secondary N) is 3. The molecule has 2 heterocycles. The second kappa shape index (κ2) is 8.86. The van der Waals surface area contributed by atoms with Crippen LogP contribution >= 0.6 is 16.5 Å². The van der Waals surface area contributed by atoms with E-state index in [-0.39, 0.29) is 41.5 Å². The third kappa shape index (κ3) is 5.32. The van der Waals surface area contributed by atoms with Gasteiger partial charge in [0.2, 0.25) is 0 Å². The Morgan fingerprint density at radius 1 is 1.43 bits per heavy atom. The van der Waals surface area contributed by atoms with Gasteiger partial charge in [0.05, 0.1) is 0 Å². The van der Waals surface area contributed by atoms with Crippen molar-refractivity contribution in [3.63, 3.8) is 0 Å². The standard InChI is InChI=1S/C15H29I2N4O2/c1-5-7-10(2)12(23-17-16-21-17)11(18)13(22)15(3,4)14-19-8-6-9-20-14/h5,7,10-12,14,19-21H,6,8-9,18H2,1-4H3/q-1/b7-5+/t10-,11+,12-/m0/s1. The first-order chi connectivity index (χ1) is 10.9. The molecule has 6 nitrogen and oxygen atoms in total. The van der Waals surface area contributed by atoms with Crippen LogP contribution in [0.15, 0.2) is 12.2 Å². The van der Waals surface area contributed by atoms with Gasteiger partial charge in [0.15, 0.2) is 0 Å². The molecule has 23 heavy (non-hydrogen) atoms. The first-order valence-electron chi connectivity index (χ1n) is 8.05. The Kier molecular flexibility index (Phi) is 7.70. The first-order valence-corrected chi connectivity index (χ1v) is 17.4. The quantitative estimate of drug-likeness (QED) is 0.124. The molecule has 0 spiro atoms. The van der Waals surface area contributed by atoms with Gasteiger partial charge in [-0.25, -0.2) is 0 Å². The molecule has 2 aliphatic heterocycles. The van der Waals surface area contributed by atoms with Crippen LogP contribution in [0.3, 0.4) is 0 Å². The van der Waals surface area contributed by atoms with Gasteiger partial charge in [-0.3, -0.25) is 0 Å². The van der Waals surface area contributed by atoms with Crippen LogP contribution in [-0.2, 0) is 7.86 Å². The number of carbonyl (C=O) groups is 1. The van der Waals surface area contributed by atoms with E-state index in [9.17, 15) is 4.79 Å². The second-order valence-corrected chi connectivity index (χ2v) is 19.5. The summed E-state index contributed by atoms with van der Waals surface area (Å²) in [6, 6.07) is -0.592. The van der Waals surface area contributed by atoms with E-state index in [4.69, 9.17) is 8.80 Å². The topological polar surface area (TPSA) is 98.3 Å². The number of ketones is 1. The van der Waals surface area contributed by atoms with Crippen molar-refractivity contribution in [2.45, 2.75) is 52.4 Å². The molecular weight excluding hydrogens is 522 g/mol. The van der Waals surface area contributed by atoms with Crippen molar-refractivity contribution < 1.29 is 25.4 Å². The van der Waals surface area contributed by atoms with Crippen molar-refractivity contribution in [1.82, 2.24) is 12.4 Å². The van der Waals surface area contributed by atoms with Crippen molar-refractivity contribution >= 4 is 22.3 Å². The van der Waals surface area contributed by atoms with Crippen LogP contribution in [0.25, 0.3) is 0 Å². The molecule has 0 unspecified atom stereocenters. The van der Waals surface area contributed by atoms with Crippen LogP contribution in [0, 0.1) is 11.3 Å². The fraction of sp³-hybridized carbons (Fsp3) is 0.800. The molecule has 2 saturated heterocycles. The molecule has 5 N–H and O–H groups in total. The molecule has 136 valence electrons. The van der Waals surface area contributed by atoms with Crippen LogP contribution in [-0.4, -0.2) is 37.2 Å². The van der Waals surface area contributed by atoms with Gasteiger partial charge in [0.25, 0.3) is 0 Å². The molecule has 0 amide bonds. The molecule has 0 bridgehead atoms. The summed E-state index contributed by atoms with van der Waals surface area (Å²) in [6.45, 7) is 9.89. The number of hydrogen-bond donors (Lipinski definition) is 4. The molecule has 2 fully saturated rings. The van der Waals surface area contributed by atoms with Gasteiger partial charge in [0, 0.05) is 0 Å². The van der Waals surface area contributed by atoms with Crippen LogP contribution in [0.4, 0.5) is 0 Å². The summed E-state index contributed by atoms with van der Waals surface area (Å²) in [5.74, 6) is 0.215. The molecule has 2 rings (SSSR count). The van der Waals surface area contributed by atoms with Crippen LogP contribution in [0.1, 0.15) is 34.1 Å². The molecule has 0 radical (unpaired) electrons. The fourth-order valence-electron chi connectivity index (χ4n) is 2.90. The number of nitrogens with two attached hydrogens (primary N) is 1. The van der Waals surface area contributed by atoms with Crippen LogP contribution < -0.4 is 35.6 Å². The summed E-state index contributed by atoms with van der Waals surface area (Å²) < 4.78 is 9.58. The number of Topliss-reactive ketones (excluding diaryl/α,β-unsaturated/α-hetero) is 1. The van der Waals surface area contributed by atoms with Gasteiger partial charge in [-0.15, -0.1) is 0 Å². The summed E-state index contributed by atoms with van der Waals surface area (Å²) in [6.07, 6.45) is 4.92. The molecule has 0 aliphatic carbocycles. The normalized spacial score (nSPS) is 25.7. The van der Waals surface area contributed by atoms with Crippen LogP contribution in [0.2, 0.25) is 0 Å². The van der Waals surface area contributed by atoms with Crippen molar-refractivity contribution in [2.75, 3.05) is 13.1 Å². The predicted octanol–water partition coefficient (Wildman–Crippen LogP) is -1.73. The molecule has 8 heteroatoms. The average Bonchev–Trinajstić information content (AvgIpc) is 3.36. The maximum atomic E-state index is 13.1. The van der Waals surface area contributed by atoms with Crippen LogP contribution in [0.5, 0.6) is 0 Å². The molecule has 3 atom stereocenters. The van der Waals surface area contributed by atoms with Crippen molar-refractivity contribution in [3.8, 4) is 0 Å². The summed E-state index contributed by atoms with van der Waals surface area (Å²) in [4.78, 5) is 13.1. The average molecular weight is 551 g/mol. The van der Waals surface area contributed by atoms with Crippen molar-refractivity contribution in [1.29, 1.82) is 0 Å². The zero-order valence-electron chi connectivity index (χ0n) is 14.2. The van der Waals surface area contributed by atoms with Gasteiger partial charge in [0.1, 0.15) is 0 Å². The summed E-state index contributed by atoms with van der Waals surface area (Å²) in [5.41, 5.74) is 5.84. The number of hydrogen-bond acceptors (Lipinski definition) is 6. The van der Waals surface area contributed by atoms with E-state index in [2.05, 4.69) is 25.4 Å². The summed E-state index contributed by atoms with van der Waals surface area (Å²) in [7, 11) is 0. The molecule has 0 aromatic heterocycles. The number of carbonyl (C=O) groups excluding carboxylic acids is 1. The van der Waals surface area contributed by atoms with Gasteiger partial charge in [-0.05, 0) is 0 Å². The SMILES string of the molecule is C/C=C/[C@H](C)[C@H](OI1N[I-]1)[C@@H](N)C(=O)C(C)(C)C1NCCCN1. The summed E-state index contributed by atoms with van der Waals surface area (Å²) >= 11 is -1.26. The van der Waals surface area contributed by atoms with Gasteiger partial charge in [-0.2, -0.15) is 0 Å². The molecule has 0 aromatic rings. The number of halogens is 2. The Balaban J connectivity index is 2.09. The molecular formula is C15H29I2N4O2-. The minimum absolute atomic E-state index is 0.0299. The molecule has 0 aromatic carbocycles. The summed E-state index contributed by atoms with van der Waals surface area (Å²) in [5, 5.41) is 6.80. The van der Waals surface area contributed by atoms with Gasteiger partial charge < -0.3 is 0 Å². The Hall–Kier alpha value is 0.670. The Bertz CT molecular complexity index is 437. The minimum atomic E-state index is -1.35. The monoisotopic (exact) mass is 551 g/mol. The predicted molar refractivity (Wildman–Crippen MR) is 97.2 cm³/mol. The van der Waals surface area contributed by atoms with Gasteiger partial charge >= 0.3 is 155 Å². The Morgan fingerprint density at radius 3 is 2.57 bits per heavy atom. The third-order valence-electron chi connectivity index (χ3n) is 4.39. The van der Waals surface area contributed by atoms with E-state index in [0.717, 1.165) is 19.5 Å². The van der Waals surface area contributed by atoms with Crippen molar-refractivity contribution in [2.24, 2.45) is 17.1 Å². The zero-order valence-corrected chi connectivity index (χ0v) is 18.6. The first kappa shape index (κ1) is 20.0. The molecule has 2 aliphatic rings. The van der Waals surface area contributed by atoms with E-state index in [1.54, 1.807) is 0 Å². The number of rotatable bonds is 8. The second-order valence-electron chi connectivity index (χ2n) is 6.59. The van der Waals surface area contributed by atoms with Crippen molar-refractivity contribution in [3.05, 3.63) is 12.2 Å². The molecule has 0 saturated carbocycles. The number of allylic oxidation sites excluding steroid dienone is 1. The fourth-order valence-corrected chi connectivity index (χ4v) is 10.5. The third-order valence-corrected chi connectivity index (χ3v) is 12.4. The zero-order chi connectivity index (χ0) is 17.0. The van der Waals surface area contributed by atoms with E-state index in [0.29, 0.717) is 0 Å². The van der Waals surface area contributed by atoms with E-state index >= 15 is 0 Å². The van der Waals surface area contributed by atoms with E-state index < -0.39 is 28.0 Å².